The quantitative estimate of drug-likeness (QED) is 0.264. The number of methoxy groups -OCH3 is 1. The molecule has 0 spiro atoms. The van der Waals surface area contributed by atoms with Gasteiger partial charge >= 0.3 is 6.01 Å². The number of amides is 1. The van der Waals surface area contributed by atoms with Crippen molar-refractivity contribution in [1.82, 2.24) is 24.7 Å². The first-order chi connectivity index (χ1) is 25.0. The fraction of sp³-hybridized carbons (Fsp3) is 0.526. The molecule has 0 bridgehead atoms. The Bertz CT molecular complexity index is 1700. The highest BCUT2D eigenvalue weighted by Gasteiger charge is 2.36. The van der Waals surface area contributed by atoms with Gasteiger partial charge in [0.15, 0.2) is 0 Å². The summed E-state index contributed by atoms with van der Waals surface area (Å²) in [4.78, 5) is 32.4. The second-order valence-corrected chi connectivity index (χ2v) is 13.2. The van der Waals surface area contributed by atoms with Gasteiger partial charge in [-0.05, 0) is 43.7 Å². The van der Waals surface area contributed by atoms with Gasteiger partial charge in [-0.3, -0.25) is 9.69 Å². The Hall–Kier alpha value is -4.06. The molecule has 0 aliphatic carbocycles. The zero-order valence-corrected chi connectivity index (χ0v) is 31.8. The second-order valence-electron chi connectivity index (χ2n) is 13.2. The maximum Gasteiger partial charge on any atom is 0.318 e. The highest BCUT2D eigenvalue weighted by Crippen LogP contribution is 2.35. The van der Waals surface area contributed by atoms with Gasteiger partial charge in [0, 0.05) is 95.0 Å². The number of aryl methyl sites for hydroxylation is 1. The van der Waals surface area contributed by atoms with Gasteiger partial charge in [-0.2, -0.15) is 27.9 Å². The Morgan fingerprint density at radius 1 is 1.06 bits per heavy atom. The number of aromatic nitrogens is 2. The number of hydrogen-bond acceptors (Lipinski definition) is 10. The smallest absolute Gasteiger partial charge is 0.318 e. The predicted molar refractivity (Wildman–Crippen MR) is 205 cm³/mol. The monoisotopic (exact) mass is 740 g/mol. The van der Waals surface area contributed by atoms with E-state index in [0.29, 0.717) is 64.9 Å². The molecule has 7 rings (SSSR count). The topological polar surface area (TPSA) is 92.1 Å². The van der Waals surface area contributed by atoms with Gasteiger partial charge in [-0.15, -0.1) is 0 Å². The summed E-state index contributed by atoms with van der Waals surface area (Å²) in [6.45, 7) is 9.84. The van der Waals surface area contributed by atoms with Crippen LogP contribution in [0.2, 0.25) is 0 Å². The molecule has 4 aliphatic rings. The molecule has 3 fully saturated rings. The largest absolute Gasteiger partial charge is 0.467 e. The number of likely N-dealkylation sites (tertiary alicyclic amines) is 2. The molecule has 1 aromatic heterocycles. The van der Waals surface area contributed by atoms with E-state index in [2.05, 4.69) is 65.8 Å². The minimum Gasteiger partial charge on any atom is -0.467 e. The molecule has 52 heavy (non-hydrogen) atoms. The Labute approximate surface area is 311 Å². The summed E-state index contributed by atoms with van der Waals surface area (Å²) in [5.74, 6) is -1.48. The lowest BCUT2D eigenvalue weighted by atomic mass is 9.99. The summed E-state index contributed by atoms with van der Waals surface area (Å²) in [6, 6.07) is 15.1. The molecule has 2 aromatic carbocycles. The number of rotatable bonds is 6. The first kappa shape index (κ1) is 40.7. The number of ether oxygens (including phenoxy) is 1. The minimum atomic E-state index is -2.41. The van der Waals surface area contributed by atoms with Crippen LogP contribution in [0.1, 0.15) is 30.2 Å². The van der Waals surface area contributed by atoms with E-state index in [1.807, 2.05) is 15.9 Å². The molecule has 0 radical (unpaired) electrons. The number of carbonyl (C=O) groups is 1. The third kappa shape index (κ3) is 10.5. The van der Waals surface area contributed by atoms with Gasteiger partial charge < -0.3 is 24.3 Å². The van der Waals surface area contributed by atoms with Crippen LogP contribution in [0.5, 0.6) is 6.01 Å². The SMILES string of the molecule is CC#N.CN1CCC(F)(F)C1.COc1nc2c(c(N3CCN(C(=O)/C=C/CN4CC(F)C4)CC3)n1)CCN(c1cccc3cccc(C)c13)C2.CS. The van der Waals surface area contributed by atoms with Crippen LogP contribution in [0.3, 0.4) is 0 Å². The zero-order valence-electron chi connectivity index (χ0n) is 30.9. The van der Waals surface area contributed by atoms with Gasteiger partial charge in [-0.25, -0.2) is 13.2 Å². The molecule has 3 saturated heterocycles. The van der Waals surface area contributed by atoms with E-state index in [9.17, 15) is 18.0 Å². The van der Waals surface area contributed by atoms with E-state index >= 15 is 0 Å². The molecular formula is C38H51F3N8O2S. The maximum atomic E-state index is 13.0. The van der Waals surface area contributed by atoms with Gasteiger partial charge in [0.2, 0.25) is 5.91 Å². The number of benzene rings is 2. The van der Waals surface area contributed by atoms with Crippen LogP contribution in [0.15, 0.2) is 48.6 Å². The van der Waals surface area contributed by atoms with E-state index in [1.54, 1.807) is 37.5 Å². The fourth-order valence-electron chi connectivity index (χ4n) is 6.83. The maximum absolute atomic E-state index is 13.0. The molecule has 14 heteroatoms. The minimum absolute atomic E-state index is 0.00953. The summed E-state index contributed by atoms with van der Waals surface area (Å²) in [6.07, 6.45) is 5.31. The lowest BCUT2D eigenvalue weighted by molar-refractivity contribution is -0.126. The molecule has 4 aliphatic heterocycles. The number of anilines is 2. The van der Waals surface area contributed by atoms with Gasteiger partial charge in [0.25, 0.3) is 5.92 Å². The van der Waals surface area contributed by atoms with Gasteiger partial charge in [0.05, 0.1) is 32.0 Å². The van der Waals surface area contributed by atoms with Crippen LogP contribution in [-0.4, -0.2) is 129 Å². The number of thiol groups is 1. The average molecular weight is 741 g/mol. The van der Waals surface area contributed by atoms with Crippen molar-refractivity contribution in [3.63, 3.8) is 0 Å². The Balaban J connectivity index is 0.000000399. The molecule has 3 aromatic rings. The molecule has 10 nitrogen and oxygen atoms in total. The van der Waals surface area contributed by atoms with Crippen LogP contribution in [0.4, 0.5) is 24.7 Å². The zero-order chi connectivity index (χ0) is 37.8. The van der Waals surface area contributed by atoms with Crippen LogP contribution in [0.25, 0.3) is 10.8 Å². The lowest BCUT2D eigenvalue weighted by Crippen LogP contribution is -2.49. The van der Waals surface area contributed by atoms with Crippen molar-refractivity contribution in [3.05, 3.63) is 65.4 Å². The van der Waals surface area contributed by atoms with Crippen LogP contribution in [-0.2, 0) is 17.8 Å². The predicted octanol–water partition coefficient (Wildman–Crippen LogP) is 5.40. The Morgan fingerprint density at radius 3 is 2.31 bits per heavy atom. The average Bonchev–Trinajstić information content (AvgIpc) is 3.46. The third-order valence-corrected chi connectivity index (χ3v) is 9.43. The number of hydrogen-bond donors (Lipinski definition) is 1. The van der Waals surface area contributed by atoms with E-state index in [-0.39, 0.29) is 18.9 Å². The molecular weight excluding hydrogens is 690 g/mol. The molecule has 1 amide bonds. The summed E-state index contributed by atoms with van der Waals surface area (Å²) in [7, 11) is 3.32. The van der Waals surface area contributed by atoms with Crippen molar-refractivity contribution in [2.24, 2.45) is 0 Å². The van der Waals surface area contributed by atoms with E-state index in [0.717, 1.165) is 24.5 Å². The number of nitriles is 1. The number of alkyl halides is 3. The number of fused-ring (bicyclic) bond motifs is 2. The summed E-state index contributed by atoms with van der Waals surface area (Å²) >= 11 is 3.53. The van der Waals surface area contributed by atoms with Crippen molar-refractivity contribution in [2.45, 2.75) is 45.3 Å². The second kappa shape index (κ2) is 19.1. The number of carbonyl (C=O) groups excluding carboxylic acids is 1. The van der Waals surface area contributed by atoms with Crippen molar-refractivity contribution in [2.75, 3.05) is 95.7 Å². The number of halogens is 3. The van der Waals surface area contributed by atoms with Crippen molar-refractivity contribution >= 4 is 40.8 Å². The van der Waals surface area contributed by atoms with E-state index in [4.69, 9.17) is 20.0 Å². The van der Waals surface area contributed by atoms with Gasteiger partial charge in [-0.1, -0.05) is 36.4 Å². The first-order valence-electron chi connectivity index (χ1n) is 17.6. The molecule has 0 saturated carbocycles. The van der Waals surface area contributed by atoms with Crippen LogP contribution >= 0.6 is 12.6 Å². The molecule has 0 N–H and O–H groups in total. The van der Waals surface area contributed by atoms with E-state index < -0.39 is 12.1 Å². The highest BCUT2D eigenvalue weighted by molar-refractivity contribution is 7.79. The molecule has 0 atom stereocenters. The Kier molecular flexibility index (Phi) is 15.0. The third-order valence-electron chi connectivity index (χ3n) is 9.43. The highest BCUT2D eigenvalue weighted by atomic mass is 32.1. The normalized spacial score (nSPS) is 18.6. The summed E-state index contributed by atoms with van der Waals surface area (Å²) < 4.78 is 42.8. The summed E-state index contributed by atoms with van der Waals surface area (Å²) in [5, 5.41) is 9.85. The lowest BCUT2D eigenvalue weighted by Gasteiger charge is -2.38. The molecule has 0 unspecified atom stereocenters. The molecule has 282 valence electrons. The van der Waals surface area contributed by atoms with Crippen molar-refractivity contribution < 1.29 is 22.7 Å². The fourth-order valence-corrected chi connectivity index (χ4v) is 6.83. The standard InChI is InChI=1S/C30H35FN6O2.C5H9F2N.C2H3N.CH4S/c1-21-6-3-7-22-8-4-9-26(28(21)22)37-13-11-24-25(20-37)32-30(39-2)33-29(24)36-16-14-35(15-17-36)27(38)10-5-12-34-18-23(31)19-34;1-8-3-2-5(6,7)4-8;1-2-3;1-2/h3-10,23H,11-20H2,1-2H3;2-4H2,1H3;1H3;2H,1H3/b10-5+;;;. The van der Waals surface area contributed by atoms with E-state index in [1.165, 1.54) is 34.5 Å². The van der Waals surface area contributed by atoms with Crippen LogP contribution in [0, 0.1) is 18.3 Å². The Morgan fingerprint density at radius 2 is 1.73 bits per heavy atom. The van der Waals surface area contributed by atoms with Gasteiger partial charge in [0.1, 0.15) is 12.0 Å². The summed E-state index contributed by atoms with van der Waals surface area (Å²) in [5.41, 5.74) is 4.67. The number of piperazine rings is 1. The van der Waals surface area contributed by atoms with Crippen LogP contribution < -0.4 is 14.5 Å². The molecule has 5 heterocycles. The first-order valence-corrected chi connectivity index (χ1v) is 18.5. The number of nitrogens with zero attached hydrogens (tertiary/aromatic N) is 8. The van der Waals surface area contributed by atoms with Crippen molar-refractivity contribution in [1.29, 1.82) is 5.26 Å². The van der Waals surface area contributed by atoms with Crippen molar-refractivity contribution in [3.8, 4) is 12.1 Å².